The Balaban J connectivity index is 2.52. The predicted molar refractivity (Wildman–Crippen MR) is 61.6 cm³/mol. The van der Waals surface area contributed by atoms with E-state index < -0.39 is 0 Å². The van der Waals surface area contributed by atoms with Gasteiger partial charge in [0, 0.05) is 0 Å². The zero-order chi connectivity index (χ0) is 10.7. The van der Waals surface area contributed by atoms with Crippen LogP contribution >= 0.6 is 0 Å². The number of aryl methyl sites for hydroxylation is 2. The van der Waals surface area contributed by atoms with Crippen LogP contribution < -0.4 is 4.57 Å². The summed E-state index contributed by atoms with van der Waals surface area (Å²) in [6, 6.07) is 8.54. The molecular weight excluding hydrogens is 184 g/mol. The summed E-state index contributed by atoms with van der Waals surface area (Å²) in [7, 11) is 0. The Hall–Kier alpha value is -1.31. The standard InChI is InChI=1S/C13H18N2/c1-3-9-14-11-15(10-4-2)13-8-6-5-7-12(13)14/h5-8H,3-4,9-10H2,1-2H3/q+1. The summed E-state index contributed by atoms with van der Waals surface area (Å²) in [4.78, 5) is 0. The van der Waals surface area contributed by atoms with Gasteiger partial charge in [-0.15, -0.1) is 0 Å². The van der Waals surface area contributed by atoms with Crippen LogP contribution in [0.3, 0.4) is 0 Å². The lowest BCUT2D eigenvalue weighted by Gasteiger charge is -1.91. The van der Waals surface area contributed by atoms with Gasteiger partial charge >= 0.3 is 6.33 Å². The Labute approximate surface area is 91.2 Å². The van der Waals surface area contributed by atoms with Crippen LogP contribution in [0, 0.1) is 6.33 Å². The van der Waals surface area contributed by atoms with Crippen LogP contribution in [0.5, 0.6) is 0 Å². The fourth-order valence-electron chi connectivity index (χ4n) is 1.96. The van der Waals surface area contributed by atoms with Crippen molar-refractivity contribution in [2.45, 2.75) is 39.8 Å². The molecule has 0 aliphatic carbocycles. The SMILES string of the molecule is CCCn1[c][n+](CCC)c2ccccc21. The summed E-state index contributed by atoms with van der Waals surface area (Å²) in [5.74, 6) is 0. The number of rotatable bonds is 4. The first-order valence-electron chi connectivity index (χ1n) is 5.77. The molecule has 0 saturated heterocycles. The molecule has 0 atom stereocenters. The Kier molecular flexibility index (Phi) is 3.05. The van der Waals surface area contributed by atoms with E-state index in [1.165, 1.54) is 11.0 Å². The molecule has 0 spiro atoms. The molecule has 0 fully saturated rings. The van der Waals surface area contributed by atoms with Crippen LogP contribution in [-0.4, -0.2) is 4.57 Å². The zero-order valence-corrected chi connectivity index (χ0v) is 9.53. The number of aromatic nitrogens is 2. The number of imidazole rings is 1. The topological polar surface area (TPSA) is 8.81 Å². The normalized spacial score (nSPS) is 11.1. The van der Waals surface area contributed by atoms with E-state index in [1.807, 2.05) is 0 Å². The molecule has 1 aromatic heterocycles. The fraction of sp³-hybridized carbons (Fsp3) is 0.462. The summed E-state index contributed by atoms with van der Waals surface area (Å²) in [6.45, 7) is 6.51. The highest BCUT2D eigenvalue weighted by molar-refractivity contribution is 5.71. The summed E-state index contributed by atoms with van der Waals surface area (Å²) in [6.07, 6.45) is 5.73. The molecule has 1 radical (unpaired) electrons. The molecular formula is C13H18N2+. The van der Waals surface area contributed by atoms with Crippen molar-refractivity contribution in [3.8, 4) is 0 Å². The highest BCUT2D eigenvalue weighted by Crippen LogP contribution is 2.10. The summed E-state index contributed by atoms with van der Waals surface area (Å²) in [5, 5.41) is 0. The van der Waals surface area contributed by atoms with Crippen LogP contribution in [0.1, 0.15) is 26.7 Å². The molecule has 2 rings (SSSR count). The molecule has 0 bridgehead atoms. The maximum Gasteiger partial charge on any atom is 0.374 e. The molecule has 2 aromatic rings. The molecule has 0 saturated carbocycles. The molecule has 0 N–H and O–H groups in total. The Morgan fingerprint density at radius 3 is 2.73 bits per heavy atom. The second-order valence-corrected chi connectivity index (χ2v) is 3.89. The molecule has 0 aliphatic heterocycles. The maximum absolute atomic E-state index is 3.42. The molecule has 79 valence electrons. The first-order chi connectivity index (χ1) is 7.36. The third-order valence-corrected chi connectivity index (χ3v) is 2.60. The van der Waals surface area contributed by atoms with E-state index in [1.54, 1.807) is 0 Å². The van der Waals surface area contributed by atoms with E-state index in [9.17, 15) is 0 Å². The van der Waals surface area contributed by atoms with Crippen molar-refractivity contribution in [2.24, 2.45) is 0 Å². The minimum Gasteiger partial charge on any atom is -0.216 e. The molecule has 2 nitrogen and oxygen atoms in total. The fourth-order valence-corrected chi connectivity index (χ4v) is 1.96. The first-order valence-corrected chi connectivity index (χ1v) is 5.77. The molecule has 0 unspecified atom stereocenters. The highest BCUT2D eigenvalue weighted by atomic mass is 15.1. The molecule has 15 heavy (non-hydrogen) atoms. The van der Waals surface area contributed by atoms with Crippen molar-refractivity contribution in [1.82, 2.24) is 4.57 Å². The quantitative estimate of drug-likeness (QED) is 0.674. The average Bonchev–Trinajstić information content (AvgIpc) is 2.59. The summed E-state index contributed by atoms with van der Waals surface area (Å²) < 4.78 is 4.45. The largest absolute Gasteiger partial charge is 0.374 e. The van der Waals surface area contributed by atoms with Gasteiger partial charge in [0.05, 0.1) is 13.1 Å². The van der Waals surface area contributed by atoms with Crippen molar-refractivity contribution in [2.75, 3.05) is 0 Å². The van der Waals surface area contributed by atoms with Gasteiger partial charge in [0.25, 0.3) is 0 Å². The minimum absolute atomic E-state index is 1.05. The van der Waals surface area contributed by atoms with E-state index in [-0.39, 0.29) is 0 Å². The smallest absolute Gasteiger partial charge is 0.216 e. The lowest BCUT2D eigenvalue weighted by Crippen LogP contribution is -2.32. The van der Waals surface area contributed by atoms with Gasteiger partial charge < -0.3 is 0 Å². The van der Waals surface area contributed by atoms with Gasteiger partial charge in [-0.1, -0.05) is 26.0 Å². The van der Waals surface area contributed by atoms with Crippen molar-refractivity contribution in [3.05, 3.63) is 30.6 Å². The van der Waals surface area contributed by atoms with Gasteiger partial charge in [-0.25, -0.2) is 9.13 Å². The zero-order valence-electron chi connectivity index (χ0n) is 9.53. The van der Waals surface area contributed by atoms with Crippen LogP contribution in [0.2, 0.25) is 0 Å². The van der Waals surface area contributed by atoms with E-state index >= 15 is 0 Å². The van der Waals surface area contributed by atoms with Gasteiger partial charge in [-0.3, -0.25) is 0 Å². The van der Waals surface area contributed by atoms with Crippen molar-refractivity contribution in [1.29, 1.82) is 0 Å². The van der Waals surface area contributed by atoms with E-state index in [4.69, 9.17) is 0 Å². The van der Waals surface area contributed by atoms with E-state index in [0.29, 0.717) is 0 Å². The van der Waals surface area contributed by atoms with E-state index in [0.717, 1.165) is 25.9 Å². The average molecular weight is 202 g/mol. The van der Waals surface area contributed by atoms with Gasteiger partial charge in [-0.05, 0) is 25.0 Å². The predicted octanol–water partition coefficient (Wildman–Crippen LogP) is 2.55. The number of benzene rings is 1. The van der Waals surface area contributed by atoms with E-state index in [2.05, 4.69) is 53.6 Å². The Morgan fingerprint density at radius 1 is 1.20 bits per heavy atom. The molecule has 2 heteroatoms. The number of nitrogens with zero attached hydrogens (tertiary/aromatic N) is 2. The second kappa shape index (κ2) is 4.47. The number of hydrogen-bond donors (Lipinski definition) is 0. The molecule has 1 heterocycles. The maximum atomic E-state index is 3.42. The molecule has 0 aliphatic rings. The van der Waals surface area contributed by atoms with Gasteiger partial charge in [-0.2, -0.15) is 0 Å². The highest BCUT2D eigenvalue weighted by Gasteiger charge is 2.14. The van der Waals surface area contributed by atoms with Crippen LogP contribution in [0.15, 0.2) is 24.3 Å². The lowest BCUT2D eigenvalue weighted by atomic mass is 10.3. The van der Waals surface area contributed by atoms with Crippen LogP contribution in [0.4, 0.5) is 0 Å². The second-order valence-electron chi connectivity index (χ2n) is 3.89. The summed E-state index contributed by atoms with van der Waals surface area (Å²) in [5.41, 5.74) is 2.60. The number of para-hydroxylation sites is 2. The molecule has 1 aromatic carbocycles. The lowest BCUT2D eigenvalue weighted by molar-refractivity contribution is -0.676. The Morgan fingerprint density at radius 2 is 2.00 bits per heavy atom. The monoisotopic (exact) mass is 202 g/mol. The minimum atomic E-state index is 1.05. The third kappa shape index (κ3) is 1.89. The van der Waals surface area contributed by atoms with Crippen molar-refractivity contribution >= 4 is 11.0 Å². The van der Waals surface area contributed by atoms with Gasteiger partial charge in [0.1, 0.15) is 0 Å². The van der Waals surface area contributed by atoms with Crippen LogP contribution in [0.25, 0.3) is 11.0 Å². The van der Waals surface area contributed by atoms with Gasteiger partial charge in [0.15, 0.2) is 11.0 Å². The summed E-state index contributed by atoms with van der Waals surface area (Å²) >= 11 is 0. The molecule has 0 amide bonds. The Bertz CT molecular complexity index is 403. The van der Waals surface area contributed by atoms with Crippen molar-refractivity contribution < 1.29 is 4.57 Å². The van der Waals surface area contributed by atoms with Gasteiger partial charge in [0.2, 0.25) is 0 Å². The van der Waals surface area contributed by atoms with Crippen molar-refractivity contribution in [3.63, 3.8) is 0 Å². The third-order valence-electron chi connectivity index (χ3n) is 2.60. The van der Waals surface area contributed by atoms with Crippen LogP contribution in [-0.2, 0) is 13.1 Å². The number of fused-ring (bicyclic) bond motifs is 1. The first kappa shape index (κ1) is 10.2. The number of hydrogen-bond acceptors (Lipinski definition) is 0.